The van der Waals surface area contributed by atoms with Gasteiger partial charge in [-0.2, -0.15) is 0 Å². The highest BCUT2D eigenvalue weighted by molar-refractivity contribution is 5.91. The first-order chi connectivity index (χ1) is 16.0. The van der Waals surface area contributed by atoms with Crippen molar-refractivity contribution in [2.24, 2.45) is 5.92 Å². The van der Waals surface area contributed by atoms with Crippen molar-refractivity contribution < 1.29 is 23.5 Å². The molecular weight excluding hydrogens is 425 g/mol. The molecular formula is C25H28FN3O4. The number of rotatable bonds is 7. The van der Waals surface area contributed by atoms with E-state index in [-0.39, 0.29) is 56.2 Å². The molecule has 174 valence electrons. The van der Waals surface area contributed by atoms with Gasteiger partial charge in [0.2, 0.25) is 17.7 Å². The van der Waals surface area contributed by atoms with Gasteiger partial charge in [0.25, 0.3) is 0 Å². The molecule has 2 aromatic carbocycles. The molecule has 2 saturated heterocycles. The van der Waals surface area contributed by atoms with Crippen LogP contribution >= 0.6 is 0 Å². The number of nitrogens with zero attached hydrogens (tertiary/aromatic N) is 2. The Morgan fingerprint density at radius 2 is 1.85 bits per heavy atom. The first-order valence-corrected chi connectivity index (χ1v) is 11.2. The molecule has 2 atom stereocenters. The van der Waals surface area contributed by atoms with Crippen LogP contribution in [0.25, 0.3) is 0 Å². The average molecular weight is 454 g/mol. The number of nitrogens with one attached hydrogen (secondary N) is 1. The summed E-state index contributed by atoms with van der Waals surface area (Å²) in [5.41, 5.74) is 1.81. The smallest absolute Gasteiger partial charge is 0.242 e. The van der Waals surface area contributed by atoms with Crippen molar-refractivity contribution in [2.45, 2.75) is 25.6 Å². The van der Waals surface area contributed by atoms with E-state index in [1.165, 1.54) is 17.0 Å². The Hall–Kier alpha value is -3.26. The highest BCUT2D eigenvalue weighted by Crippen LogP contribution is 2.18. The van der Waals surface area contributed by atoms with E-state index in [0.29, 0.717) is 25.1 Å². The van der Waals surface area contributed by atoms with Gasteiger partial charge in [-0.1, -0.05) is 42.5 Å². The van der Waals surface area contributed by atoms with Gasteiger partial charge in [-0.15, -0.1) is 0 Å². The Kier molecular flexibility index (Phi) is 7.34. The minimum Gasteiger partial charge on any atom is -0.370 e. The summed E-state index contributed by atoms with van der Waals surface area (Å²) in [5, 5.41) is 2.68. The van der Waals surface area contributed by atoms with E-state index < -0.39 is 12.0 Å². The molecule has 33 heavy (non-hydrogen) atoms. The maximum atomic E-state index is 13.6. The molecule has 3 amide bonds. The lowest BCUT2D eigenvalue weighted by molar-refractivity contribution is -0.141. The van der Waals surface area contributed by atoms with Crippen LogP contribution in [0.5, 0.6) is 0 Å². The fourth-order valence-electron chi connectivity index (χ4n) is 4.26. The van der Waals surface area contributed by atoms with E-state index >= 15 is 0 Å². The Morgan fingerprint density at radius 1 is 1.06 bits per heavy atom. The van der Waals surface area contributed by atoms with Crippen LogP contribution in [-0.2, 0) is 32.1 Å². The topological polar surface area (TPSA) is 79.0 Å². The third-order valence-electron chi connectivity index (χ3n) is 6.05. The zero-order valence-electron chi connectivity index (χ0n) is 18.4. The van der Waals surface area contributed by atoms with Crippen LogP contribution in [0.2, 0.25) is 0 Å². The van der Waals surface area contributed by atoms with Gasteiger partial charge in [-0.25, -0.2) is 4.39 Å². The molecule has 0 aliphatic carbocycles. The minimum atomic E-state index is -0.468. The summed E-state index contributed by atoms with van der Waals surface area (Å²) in [5.74, 6) is -1.32. The van der Waals surface area contributed by atoms with Crippen molar-refractivity contribution in [1.29, 1.82) is 0 Å². The lowest BCUT2D eigenvalue weighted by atomic mass is 10.1. The second kappa shape index (κ2) is 10.6. The molecule has 0 spiro atoms. The molecule has 7 nitrogen and oxygen atoms in total. The number of ether oxygens (including phenoxy) is 1. The molecule has 2 heterocycles. The Labute approximate surface area is 192 Å². The summed E-state index contributed by atoms with van der Waals surface area (Å²) < 4.78 is 19.6. The molecule has 0 saturated carbocycles. The number of hydrogen-bond acceptors (Lipinski definition) is 4. The maximum absolute atomic E-state index is 13.6. The van der Waals surface area contributed by atoms with Crippen LogP contribution < -0.4 is 5.32 Å². The predicted octanol–water partition coefficient (Wildman–Crippen LogP) is 1.76. The summed E-state index contributed by atoms with van der Waals surface area (Å²) in [4.78, 5) is 40.9. The van der Waals surface area contributed by atoms with E-state index in [0.717, 1.165) is 5.56 Å². The molecule has 2 fully saturated rings. The Balaban J connectivity index is 1.46. The molecule has 2 aliphatic rings. The minimum absolute atomic E-state index is 0.0435. The molecule has 2 aromatic rings. The van der Waals surface area contributed by atoms with Crippen molar-refractivity contribution in [3.8, 4) is 0 Å². The third kappa shape index (κ3) is 6.16. The van der Waals surface area contributed by atoms with Crippen molar-refractivity contribution in [2.75, 3.05) is 32.7 Å². The van der Waals surface area contributed by atoms with Gasteiger partial charge in [0.05, 0.1) is 25.2 Å². The maximum Gasteiger partial charge on any atom is 0.242 e. The average Bonchev–Trinajstić information content (AvgIpc) is 3.18. The van der Waals surface area contributed by atoms with E-state index in [2.05, 4.69) is 5.32 Å². The predicted molar refractivity (Wildman–Crippen MR) is 119 cm³/mol. The van der Waals surface area contributed by atoms with Crippen LogP contribution in [0.1, 0.15) is 17.5 Å². The monoisotopic (exact) mass is 453 g/mol. The molecule has 0 aromatic heterocycles. The van der Waals surface area contributed by atoms with E-state index in [1.807, 2.05) is 30.3 Å². The van der Waals surface area contributed by atoms with Gasteiger partial charge in [-0.3, -0.25) is 14.4 Å². The van der Waals surface area contributed by atoms with Gasteiger partial charge < -0.3 is 19.9 Å². The first kappa shape index (κ1) is 22.9. The zero-order valence-corrected chi connectivity index (χ0v) is 18.4. The number of amides is 3. The molecule has 2 unspecified atom stereocenters. The molecule has 0 radical (unpaired) electrons. The normalized spacial score (nSPS) is 21.1. The largest absolute Gasteiger partial charge is 0.370 e. The first-order valence-electron chi connectivity index (χ1n) is 11.2. The molecule has 1 N–H and O–H groups in total. The molecule has 8 heteroatoms. The van der Waals surface area contributed by atoms with Gasteiger partial charge in [0, 0.05) is 32.6 Å². The van der Waals surface area contributed by atoms with Crippen LogP contribution in [-0.4, -0.2) is 66.3 Å². The second-order valence-electron chi connectivity index (χ2n) is 8.56. The number of halogens is 1. The van der Waals surface area contributed by atoms with Gasteiger partial charge >= 0.3 is 0 Å². The Bertz CT molecular complexity index is 1000. The number of hydrogen-bond donors (Lipinski definition) is 1. The summed E-state index contributed by atoms with van der Waals surface area (Å²) in [6.45, 7) is 1.51. The van der Waals surface area contributed by atoms with Gasteiger partial charge in [0.15, 0.2) is 0 Å². The summed E-state index contributed by atoms with van der Waals surface area (Å²) in [6, 6.07) is 16.1. The van der Waals surface area contributed by atoms with Crippen LogP contribution in [0.15, 0.2) is 54.6 Å². The highest BCUT2D eigenvalue weighted by atomic mass is 19.1. The van der Waals surface area contributed by atoms with Crippen molar-refractivity contribution >= 4 is 17.7 Å². The van der Waals surface area contributed by atoms with E-state index in [1.54, 1.807) is 17.0 Å². The number of carbonyl (C=O) groups excluding carboxylic acids is 3. The number of carbonyl (C=O) groups is 3. The molecule has 0 bridgehead atoms. The third-order valence-corrected chi connectivity index (χ3v) is 6.05. The fourth-order valence-corrected chi connectivity index (χ4v) is 4.26. The fraction of sp³-hybridized carbons (Fsp3) is 0.400. The number of benzene rings is 2. The zero-order chi connectivity index (χ0) is 23.2. The summed E-state index contributed by atoms with van der Waals surface area (Å²) in [7, 11) is 0. The lowest BCUT2D eigenvalue weighted by Crippen LogP contribution is -2.43. The van der Waals surface area contributed by atoms with Crippen molar-refractivity contribution in [3.63, 3.8) is 0 Å². The summed E-state index contributed by atoms with van der Waals surface area (Å²) in [6.07, 6.45) is 0.401. The Morgan fingerprint density at radius 3 is 2.58 bits per heavy atom. The molecule has 2 aliphatic heterocycles. The van der Waals surface area contributed by atoms with Crippen molar-refractivity contribution in [1.82, 2.24) is 15.1 Å². The quantitative estimate of drug-likeness (QED) is 0.693. The standard InChI is InChI=1S/C25H28FN3O4/c26-21-8-4-7-19(11-21)17-33-22-14-28(10-9-18-5-2-1-3-6-18)24(31)16-29(15-22)25(32)20-12-23(30)27-13-20/h1-8,11,20,22H,9-10,12-17H2,(H,27,30). The van der Waals surface area contributed by atoms with Crippen LogP contribution in [0.4, 0.5) is 4.39 Å². The lowest BCUT2D eigenvalue weighted by Gasteiger charge is -2.26. The van der Waals surface area contributed by atoms with Crippen LogP contribution in [0.3, 0.4) is 0 Å². The van der Waals surface area contributed by atoms with Gasteiger partial charge in [0.1, 0.15) is 5.82 Å². The van der Waals surface area contributed by atoms with Crippen molar-refractivity contribution in [3.05, 3.63) is 71.5 Å². The van der Waals surface area contributed by atoms with E-state index in [4.69, 9.17) is 4.74 Å². The van der Waals surface area contributed by atoms with E-state index in [9.17, 15) is 18.8 Å². The second-order valence-corrected chi connectivity index (χ2v) is 8.56. The SMILES string of the molecule is O=C1CC(C(=O)N2CC(=O)N(CCc3ccccc3)CC(OCc3cccc(F)c3)C2)CN1. The summed E-state index contributed by atoms with van der Waals surface area (Å²) >= 11 is 0. The highest BCUT2D eigenvalue weighted by Gasteiger charge is 2.36. The van der Waals surface area contributed by atoms with Crippen LogP contribution in [0, 0.1) is 11.7 Å². The van der Waals surface area contributed by atoms with Gasteiger partial charge in [-0.05, 0) is 29.7 Å². The molecule has 4 rings (SSSR count).